The molecule has 2 heterocycles. The maximum Gasteiger partial charge on any atom is 0.267 e. The molecular formula is C21H19N3OS. The Balaban J connectivity index is 1.85. The molecule has 0 radical (unpaired) electrons. The van der Waals surface area contributed by atoms with Crippen molar-refractivity contribution >= 4 is 34.7 Å². The lowest BCUT2D eigenvalue weighted by atomic mass is 10.2. The second kappa shape index (κ2) is 8.45. The average molecular weight is 361 g/mol. The van der Waals surface area contributed by atoms with Gasteiger partial charge in [0.15, 0.2) is 11.0 Å². The predicted molar refractivity (Wildman–Crippen MR) is 109 cm³/mol. The zero-order valence-electron chi connectivity index (χ0n) is 14.5. The standard InChI is InChI=1S/C21H19N3OS/c1-3-15-24-20(25)18(13-8-12-17-10-5-4-6-11-17)26-21(24)23-19-14-7-9-16(2)22-19/h3-14H,1,15H2,2H3/b12-8+,18-13-,23-21+. The molecule has 1 fully saturated rings. The van der Waals surface area contributed by atoms with Crippen LogP contribution in [0.3, 0.4) is 0 Å². The van der Waals surface area contributed by atoms with Crippen molar-refractivity contribution < 1.29 is 4.79 Å². The molecule has 2 aromatic rings. The number of hydrogen-bond donors (Lipinski definition) is 0. The fourth-order valence-corrected chi connectivity index (χ4v) is 3.34. The van der Waals surface area contributed by atoms with Crippen molar-refractivity contribution in [1.82, 2.24) is 9.88 Å². The number of thioether (sulfide) groups is 1. The van der Waals surface area contributed by atoms with E-state index in [1.165, 1.54) is 11.8 Å². The van der Waals surface area contributed by atoms with Crippen molar-refractivity contribution in [3.8, 4) is 0 Å². The lowest BCUT2D eigenvalue weighted by Crippen LogP contribution is -2.29. The molecular weight excluding hydrogens is 342 g/mol. The second-order valence-corrected chi connectivity index (χ2v) is 6.65. The lowest BCUT2D eigenvalue weighted by molar-refractivity contribution is -0.121. The number of allylic oxidation sites excluding steroid dienone is 2. The van der Waals surface area contributed by atoms with E-state index in [4.69, 9.17) is 0 Å². The molecule has 0 saturated carbocycles. The van der Waals surface area contributed by atoms with Gasteiger partial charge in [-0.05, 0) is 42.5 Å². The van der Waals surface area contributed by atoms with E-state index in [2.05, 4.69) is 16.6 Å². The number of nitrogens with zero attached hydrogens (tertiary/aromatic N) is 3. The molecule has 0 unspecified atom stereocenters. The number of carbonyl (C=O) groups excluding carboxylic acids is 1. The fraction of sp³-hybridized carbons (Fsp3) is 0.0952. The summed E-state index contributed by atoms with van der Waals surface area (Å²) in [5, 5.41) is 0.618. The molecule has 26 heavy (non-hydrogen) atoms. The Kier molecular flexibility index (Phi) is 5.81. The zero-order chi connectivity index (χ0) is 18.4. The van der Waals surface area contributed by atoms with Crippen LogP contribution in [0.5, 0.6) is 0 Å². The minimum atomic E-state index is -0.0704. The first-order valence-electron chi connectivity index (χ1n) is 8.24. The Morgan fingerprint density at radius 2 is 2.00 bits per heavy atom. The first-order chi connectivity index (χ1) is 12.7. The molecule has 0 spiro atoms. The summed E-state index contributed by atoms with van der Waals surface area (Å²) in [6, 6.07) is 15.6. The highest BCUT2D eigenvalue weighted by molar-refractivity contribution is 8.18. The summed E-state index contributed by atoms with van der Waals surface area (Å²) >= 11 is 1.35. The molecule has 1 aromatic heterocycles. The van der Waals surface area contributed by atoms with Crippen LogP contribution in [-0.4, -0.2) is 27.5 Å². The van der Waals surface area contributed by atoms with Gasteiger partial charge in [-0.15, -0.1) is 6.58 Å². The minimum absolute atomic E-state index is 0.0704. The quantitative estimate of drug-likeness (QED) is 0.571. The number of amidine groups is 1. The lowest BCUT2D eigenvalue weighted by Gasteiger charge is -2.12. The van der Waals surface area contributed by atoms with E-state index in [0.29, 0.717) is 22.4 Å². The summed E-state index contributed by atoms with van der Waals surface area (Å²) in [4.78, 5) is 23.8. The maximum atomic E-state index is 12.7. The number of benzene rings is 1. The van der Waals surface area contributed by atoms with Crippen molar-refractivity contribution in [2.24, 2.45) is 4.99 Å². The number of rotatable bonds is 5. The highest BCUT2D eigenvalue weighted by Crippen LogP contribution is 2.32. The molecule has 130 valence electrons. The van der Waals surface area contributed by atoms with Crippen molar-refractivity contribution in [1.29, 1.82) is 0 Å². The van der Waals surface area contributed by atoms with Crippen molar-refractivity contribution in [3.05, 3.63) is 89.5 Å². The number of carbonyl (C=O) groups is 1. The summed E-state index contributed by atoms with van der Waals surface area (Å²) in [5.41, 5.74) is 1.97. The summed E-state index contributed by atoms with van der Waals surface area (Å²) < 4.78 is 0. The van der Waals surface area contributed by atoms with Crippen LogP contribution in [-0.2, 0) is 4.79 Å². The molecule has 1 aliphatic rings. The summed E-state index contributed by atoms with van der Waals surface area (Å²) in [7, 11) is 0. The molecule has 1 aromatic carbocycles. The van der Waals surface area contributed by atoms with Gasteiger partial charge >= 0.3 is 0 Å². The van der Waals surface area contributed by atoms with E-state index in [9.17, 15) is 4.79 Å². The number of aliphatic imine (C=N–C) groups is 1. The van der Waals surface area contributed by atoms with Crippen molar-refractivity contribution in [3.63, 3.8) is 0 Å². The van der Waals surface area contributed by atoms with E-state index in [0.717, 1.165) is 11.3 Å². The zero-order valence-corrected chi connectivity index (χ0v) is 15.3. The first-order valence-corrected chi connectivity index (χ1v) is 9.05. The van der Waals surface area contributed by atoms with Gasteiger partial charge in [0.1, 0.15) is 0 Å². The summed E-state index contributed by atoms with van der Waals surface area (Å²) in [6.45, 7) is 6.06. The molecule has 1 amide bonds. The van der Waals surface area contributed by atoms with Gasteiger partial charge in [-0.25, -0.2) is 9.98 Å². The smallest absolute Gasteiger partial charge is 0.267 e. The third kappa shape index (κ3) is 4.37. The SMILES string of the molecule is C=CCN1C(=O)/C(=C/C=C/c2ccccc2)S/C1=N/c1cccc(C)n1. The van der Waals surface area contributed by atoms with Crippen LogP contribution in [0.15, 0.2) is 83.2 Å². The normalized spacial score (nSPS) is 17.6. The van der Waals surface area contributed by atoms with Crippen LogP contribution in [0.1, 0.15) is 11.3 Å². The van der Waals surface area contributed by atoms with E-state index in [-0.39, 0.29) is 5.91 Å². The second-order valence-electron chi connectivity index (χ2n) is 5.64. The predicted octanol–water partition coefficient (Wildman–Crippen LogP) is 4.74. The summed E-state index contributed by atoms with van der Waals surface area (Å²) in [6.07, 6.45) is 7.37. The highest BCUT2D eigenvalue weighted by Gasteiger charge is 2.32. The van der Waals surface area contributed by atoms with Gasteiger partial charge in [0.2, 0.25) is 0 Å². The van der Waals surface area contributed by atoms with Crippen molar-refractivity contribution in [2.75, 3.05) is 6.54 Å². The van der Waals surface area contributed by atoms with Crippen LogP contribution in [0.25, 0.3) is 6.08 Å². The van der Waals surface area contributed by atoms with E-state index < -0.39 is 0 Å². The van der Waals surface area contributed by atoms with Crippen LogP contribution >= 0.6 is 11.8 Å². The number of aromatic nitrogens is 1. The highest BCUT2D eigenvalue weighted by atomic mass is 32.2. The monoisotopic (exact) mass is 361 g/mol. The maximum absolute atomic E-state index is 12.7. The number of pyridine rings is 1. The third-order valence-electron chi connectivity index (χ3n) is 3.62. The number of hydrogen-bond acceptors (Lipinski definition) is 4. The Morgan fingerprint density at radius 3 is 2.73 bits per heavy atom. The molecule has 5 heteroatoms. The Hall–Kier alpha value is -2.92. The summed E-state index contributed by atoms with van der Waals surface area (Å²) in [5.74, 6) is 0.523. The first kappa shape index (κ1) is 17.9. The molecule has 1 aliphatic heterocycles. The molecule has 1 saturated heterocycles. The molecule has 0 bridgehead atoms. The molecule has 0 atom stereocenters. The van der Waals surface area contributed by atoms with Gasteiger partial charge in [0.05, 0.1) is 4.91 Å². The van der Waals surface area contributed by atoms with Crippen molar-refractivity contribution in [2.45, 2.75) is 6.92 Å². The van der Waals surface area contributed by atoms with Gasteiger partial charge in [-0.3, -0.25) is 9.69 Å². The van der Waals surface area contributed by atoms with Gasteiger partial charge in [-0.1, -0.05) is 54.6 Å². The molecule has 3 rings (SSSR count). The van der Waals surface area contributed by atoms with E-state index >= 15 is 0 Å². The van der Waals surface area contributed by atoms with E-state index in [1.54, 1.807) is 11.0 Å². The third-order valence-corrected chi connectivity index (χ3v) is 4.64. The largest absolute Gasteiger partial charge is 0.282 e. The van der Waals surface area contributed by atoms with Crippen LogP contribution in [0, 0.1) is 6.92 Å². The average Bonchev–Trinajstić information content (AvgIpc) is 2.92. The molecule has 0 aliphatic carbocycles. The fourth-order valence-electron chi connectivity index (χ4n) is 2.40. The van der Waals surface area contributed by atoms with Gasteiger partial charge in [-0.2, -0.15) is 0 Å². The van der Waals surface area contributed by atoms with E-state index in [1.807, 2.05) is 73.7 Å². The Bertz CT molecular complexity index is 900. The van der Waals surface area contributed by atoms with Crippen LogP contribution < -0.4 is 0 Å². The topological polar surface area (TPSA) is 45.6 Å². The molecule has 0 N–H and O–H groups in total. The number of aryl methyl sites for hydroxylation is 1. The van der Waals surface area contributed by atoms with Gasteiger partial charge < -0.3 is 0 Å². The van der Waals surface area contributed by atoms with Crippen LogP contribution in [0.2, 0.25) is 0 Å². The van der Waals surface area contributed by atoms with Gasteiger partial charge in [0.25, 0.3) is 5.91 Å². The Labute approximate surface area is 157 Å². The van der Waals surface area contributed by atoms with Crippen LogP contribution in [0.4, 0.5) is 5.82 Å². The number of amides is 1. The van der Waals surface area contributed by atoms with Gasteiger partial charge in [0, 0.05) is 12.2 Å². The minimum Gasteiger partial charge on any atom is -0.282 e. The molecule has 4 nitrogen and oxygen atoms in total. The Morgan fingerprint density at radius 1 is 1.19 bits per heavy atom.